The van der Waals surface area contributed by atoms with Crippen LogP contribution in [0.25, 0.3) is 0 Å². The molecule has 0 bridgehead atoms. The maximum absolute atomic E-state index is 12.3. The van der Waals surface area contributed by atoms with Gasteiger partial charge in [0, 0.05) is 12.0 Å². The van der Waals surface area contributed by atoms with Crippen molar-refractivity contribution < 1.29 is 50.1 Å². The monoisotopic (exact) mass is 471 g/mol. The topological polar surface area (TPSA) is 189 Å². The Kier molecular flexibility index (Phi) is 6.81. The molecule has 3 rings (SSSR count). The van der Waals surface area contributed by atoms with E-state index < -0.39 is 69.8 Å². The number of hydrogen-bond acceptors (Lipinski definition) is 11. The van der Waals surface area contributed by atoms with E-state index in [4.69, 9.17) is 21.1 Å². The number of phenolic OH excluding ortho intramolecular Hbond substituents is 3. The smallest absolute Gasteiger partial charge is 0.222 e. The number of ether oxygens (including phenoxy) is 2. The van der Waals surface area contributed by atoms with Crippen LogP contribution in [0.5, 0.6) is 23.0 Å². The van der Waals surface area contributed by atoms with Crippen molar-refractivity contribution in [1.29, 1.82) is 0 Å². The number of carbonyl (C=O) groups excluding carboxylic acids is 1. The van der Waals surface area contributed by atoms with Gasteiger partial charge in [-0.05, 0) is 24.3 Å². The van der Waals surface area contributed by atoms with Crippen LogP contribution in [0.2, 0.25) is 5.02 Å². The lowest BCUT2D eigenvalue weighted by atomic mass is 9.87. The van der Waals surface area contributed by atoms with Crippen molar-refractivity contribution in [2.24, 2.45) is 0 Å². The second-order valence-corrected chi connectivity index (χ2v) is 7.57. The minimum Gasteiger partial charge on any atom is -0.507 e. The van der Waals surface area contributed by atoms with Crippen LogP contribution in [-0.2, 0) is 15.3 Å². The molecule has 12 heteroatoms. The molecule has 1 saturated heterocycles. The third kappa shape index (κ3) is 3.95. The molecule has 0 spiro atoms. The number of ketones is 1. The Hall–Kier alpha value is -2.64. The lowest BCUT2D eigenvalue weighted by Gasteiger charge is -2.36. The van der Waals surface area contributed by atoms with Crippen LogP contribution in [0.3, 0.4) is 0 Å². The van der Waals surface area contributed by atoms with Gasteiger partial charge in [-0.1, -0.05) is 11.6 Å². The number of hydrogen-bond donors (Lipinski definition) is 8. The highest BCUT2D eigenvalue weighted by Gasteiger charge is 2.45. The molecule has 1 fully saturated rings. The van der Waals surface area contributed by atoms with Gasteiger partial charge in [0.05, 0.1) is 36.0 Å². The summed E-state index contributed by atoms with van der Waals surface area (Å²) in [5, 5.41) is 71.5. The normalized spacial score (nSPS) is 21.6. The first kappa shape index (κ1) is 24.0. The molecule has 0 aromatic heterocycles. The van der Waals surface area contributed by atoms with E-state index >= 15 is 0 Å². The Morgan fingerprint density at radius 2 is 1.78 bits per heavy atom. The SMILES string of the molecule is COc1ccc(C(O)(O)c2c(O)c(C3OC(CO)CC(=O)C3NO)c(O)c(O)c2Cl)cc1. The highest BCUT2D eigenvalue weighted by Crippen LogP contribution is 2.53. The minimum absolute atomic E-state index is 0.183. The number of aliphatic hydroxyl groups is 3. The molecular formula is C20H22ClNO10. The van der Waals surface area contributed by atoms with E-state index in [9.17, 15) is 40.6 Å². The first-order valence-corrected chi connectivity index (χ1v) is 9.70. The number of aliphatic hydroxyl groups excluding tert-OH is 1. The Bertz CT molecular complexity index is 1010. The Labute approximate surface area is 186 Å². The minimum atomic E-state index is -2.98. The fraction of sp³-hybridized carbons (Fsp3) is 0.350. The van der Waals surface area contributed by atoms with Gasteiger partial charge < -0.3 is 45.3 Å². The van der Waals surface area contributed by atoms with E-state index in [1.165, 1.54) is 31.4 Å². The summed E-state index contributed by atoms with van der Waals surface area (Å²) in [6, 6.07) is 3.82. The first-order valence-electron chi connectivity index (χ1n) is 9.33. The number of methoxy groups -OCH3 is 1. The summed E-state index contributed by atoms with van der Waals surface area (Å²) < 4.78 is 10.5. The van der Waals surface area contributed by atoms with Gasteiger partial charge in [-0.25, -0.2) is 0 Å². The Morgan fingerprint density at radius 1 is 1.16 bits per heavy atom. The number of halogens is 1. The number of aromatic hydroxyl groups is 3. The number of benzene rings is 2. The lowest BCUT2D eigenvalue weighted by Crippen LogP contribution is -2.48. The summed E-state index contributed by atoms with van der Waals surface area (Å²) in [7, 11) is 1.41. The van der Waals surface area contributed by atoms with Gasteiger partial charge in [0.2, 0.25) is 5.79 Å². The van der Waals surface area contributed by atoms with E-state index in [1.54, 1.807) is 5.48 Å². The Balaban J connectivity index is 2.22. The molecule has 2 aromatic carbocycles. The van der Waals surface area contributed by atoms with Crippen LogP contribution in [0, 0.1) is 0 Å². The van der Waals surface area contributed by atoms with Gasteiger partial charge >= 0.3 is 0 Å². The van der Waals surface area contributed by atoms with Crippen LogP contribution in [0.4, 0.5) is 0 Å². The van der Waals surface area contributed by atoms with E-state index in [0.29, 0.717) is 5.75 Å². The van der Waals surface area contributed by atoms with Crippen molar-refractivity contribution in [3.05, 3.63) is 46.0 Å². The molecule has 174 valence electrons. The van der Waals surface area contributed by atoms with Crippen molar-refractivity contribution in [3.8, 4) is 23.0 Å². The van der Waals surface area contributed by atoms with Crippen molar-refractivity contribution in [3.63, 3.8) is 0 Å². The zero-order chi connectivity index (χ0) is 23.8. The van der Waals surface area contributed by atoms with Gasteiger partial charge in [0.15, 0.2) is 17.3 Å². The van der Waals surface area contributed by atoms with E-state index in [-0.39, 0.29) is 12.0 Å². The van der Waals surface area contributed by atoms with Crippen molar-refractivity contribution in [1.82, 2.24) is 5.48 Å². The van der Waals surface area contributed by atoms with E-state index in [1.807, 2.05) is 0 Å². The summed E-state index contributed by atoms with van der Waals surface area (Å²) in [5.74, 6) is -6.28. The van der Waals surface area contributed by atoms with Crippen molar-refractivity contribution >= 4 is 17.4 Å². The molecule has 0 amide bonds. The predicted molar refractivity (Wildman–Crippen MR) is 108 cm³/mol. The fourth-order valence-corrected chi connectivity index (χ4v) is 3.90. The molecule has 0 aliphatic carbocycles. The van der Waals surface area contributed by atoms with Crippen LogP contribution in [0.1, 0.15) is 29.2 Å². The standard InChI is InChI=1S/C20H22ClNO10/c1-31-9-4-2-8(3-5-9)20(28,29)13-14(21)18(27)17(26)12(16(13)25)19-15(22-30)11(24)6-10(7-23)32-19/h2-5,10,15,19,22-23,25-30H,6-7H2,1H3. The highest BCUT2D eigenvalue weighted by atomic mass is 35.5. The number of nitrogens with one attached hydrogen (secondary N) is 1. The van der Waals surface area contributed by atoms with Crippen LogP contribution >= 0.6 is 11.6 Å². The molecule has 0 saturated carbocycles. The summed E-state index contributed by atoms with van der Waals surface area (Å²) in [5.41, 5.74) is 0.0595. The Morgan fingerprint density at radius 3 is 2.31 bits per heavy atom. The maximum Gasteiger partial charge on any atom is 0.222 e. The summed E-state index contributed by atoms with van der Waals surface area (Å²) >= 11 is 6.04. The number of phenols is 3. The van der Waals surface area contributed by atoms with Crippen LogP contribution in [0.15, 0.2) is 24.3 Å². The third-order valence-corrected chi connectivity index (χ3v) is 5.65. The van der Waals surface area contributed by atoms with Gasteiger partial charge in [0.25, 0.3) is 0 Å². The zero-order valence-corrected chi connectivity index (χ0v) is 17.4. The molecule has 1 heterocycles. The molecule has 1 aliphatic heterocycles. The van der Waals surface area contributed by atoms with Gasteiger partial charge in [-0.3, -0.25) is 4.79 Å². The van der Waals surface area contributed by atoms with Crippen LogP contribution in [-0.4, -0.2) is 67.5 Å². The van der Waals surface area contributed by atoms with Gasteiger partial charge in [-0.15, -0.1) is 0 Å². The summed E-state index contributed by atoms with van der Waals surface area (Å²) in [6.07, 6.45) is -2.96. The van der Waals surface area contributed by atoms with Gasteiger partial charge in [0.1, 0.15) is 23.6 Å². The number of Topliss-reactive ketones (excluding diaryl/α,β-unsaturated/α-hetero) is 1. The molecule has 3 unspecified atom stereocenters. The van der Waals surface area contributed by atoms with Crippen molar-refractivity contribution in [2.75, 3.05) is 13.7 Å². The second-order valence-electron chi connectivity index (χ2n) is 7.19. The molecule has 11 nitrogen and oxygen atoms in total. The molecule has 32 heavy (non-hydrogen) atoms. The highest BCUT2D eigenvalue weighted by molar-refractivity contribution is 6.33. The summed E-state index contributed by atoms with van der Waals surface area (Å²) in [4.78, 5) is 12.3. The quantitative estimate of drug-likeness (QED) is 0.126. The second kappa shape index (κ2) is 9.08. The summed E-state index contributed by atoms with van der Waals surface area (Å²) in [6.45, 7) is -0.593. The molecule has 3 atom stereocenters. The average molecular weight is 472 g/mol. The third-order valence-electron chi connectivity index (χ3n) is 5.28. The van der Waals surface area contributed by atoms with E-state index in [2.05, 4.69) is 0 Å². The zero-order valence-electron chi connectivity index (χ0n) is 16.7. The molecule has 2 aromatic rings. The largest absolute Gasteiger partial charge is 0.507 e. The molecular weight excluding hydrogens is 450 g/mol. The van der Waals surface area contributed by atoms with Crippen molar-refractivity contribution in [2.45, 2.75) is 30.5 Å². The van der Waals surface area contributed by atoms with Gasteiger partial charge in [-0.2, -0.15) is 5.48 Å². The molecule has 8 N–H and O–H groups in total. The predicted octanol–water partition coefficient (Wildman–Crippen LogP) is 0.390. The number of hydroxylamine groups is 1. The molecule has 0 radical (unpaired) electrons. The van der Waals surface area contributed by atoms with Crippen LogP contribution < -0.4 is 10.2 Å². The number of rotatable bonds is 6. The number of carbonyl (C=O) groups is 1. The lowest BCUT2D eigenvalue weighted by molar-refractivity contribution is -0.152. The maximum atomic E-state index is 12.3. The first-order chi connectivity index (χ1) is 15.1. The van der Waals surface area contributed by atoms with E-state index in [0.717, 1.165) is 0 Å². The molecule has 1 aliphatic rings. The fourth-order valence-electron chi connectivity index (χ4n) is 3.59. The average Bonchev–Trinajstić information content (AvgIpc) is 2.77.